The smallest absolute Gasteiger partial charge is 0.284 e. The Hall–Kier alpha value is -2.90. The zero-order valence-electron chi connectivity index (χ0n) is 13.5. The van der Waals surface area contributed by atoms with Crippen molar-refractivity contribution in [1.82, 2.24) is 10.5 Å². The van der Waals surface area contributed by atoms with Crippen LogP contribution in [0.5, 0.6) is 5.75 Å². The summed E-state index contributed by atoms with van der Waals surface area (Å²) in [5.41, 5.74) is 4.29. The Morgan fingerprint density at radius 1 is 1.16 bits per heavy atom. The maximum absolute atomic E-state index is 11.4. The van der Waals surface area contributed by atoms with Gasteiger partial charge in [0.05, 0.1) is 34.8 Å². The van der Waals surface area contributed by atoms with Crippen LogP contribution in [0.3, 0.4) is 0 Å². The van der Waals surface area contributed by atoms with Crippen LogP contribution in [-0.2, 0) is 6.54 Å². The molecule has 0 fully saturated rings. The molecule has 2 heterocycles. The number of hydrogen-bond acceptors (Lipinski definition) is 6. The van der Waals surface area contributed by atoms with Crippen LogP contribution in [0.15, 0.2) is 54.6 Å². The Kier molecular flexibility index (Phi) is 5.27. The van der Waals surface area contributed by atoms with Crippen LogP contribution in [0.1, 0.15) is 15.4 Å². The molecule has 0 aliphatic carbocycles. The summed E-state index contributed by atoms with van der Waals surface area (Å²) < 4.78 is 5.14. The zero-order valence-corrected chi connectivity index (χ0v) is 14.3. The first-order valence-electron chi connectivity index (χ1n) is 7.58. The number of methoxy groups -OCH3 is 1. The highest BCUT2D eigenvalue weighted by molar-refractivity contribution is 7.17. The van der Waals surface area contributed by atoms with E-state index in [0.717, 1.165) is 27.7 Å². The topological polar surface area (TPSA) is 83.5 Å². The van der Waals surface area contributed by atoms with E-state index in [9.17, 15) is 4.79 Å². The van der Waals surface area contributed by atoms with Crippen molar-refractivity contribution in [1.29, 1.82) is 0 Å². The normalized spacial score (nSPS) is 10.3. The maximum Gasteiger partial charge on any atom is 0.284 e. The van der Waals surface area contributed by atoms with Crippen molar-refractivity contribution in [2.75, 3.05) is 12.4 Å². The van der Waals surface area contributed by atoms with Crippen LogP contribution in [0.2, 0.25) is 0 Å². The first-order chi connectivity index (χ1) is 12.2. The van der Waals surface area contributed by atoms with Crippen LogP contribution in [0, 0.1) is 0 Å². The second-order valence-electron chi connectivity index (χ2n) is 5.20. The number of amides is 1. The van der Waals surface area contributed by atoms with Gasteiger partial charge in [0, 0.05) is 5.69 Å². The average Bonchev–Trinajstić information content (AvgIpc) is 3.16. The van der Waals surface area contributed by atoms with Gasteiger partial charge in [-0.25, -0.2) is 5.48 Å². The van der Waals surface area contributed by atoms with Gasteiger partial charge in [-0.2, -0.15) is 0 Å². The van der Waals surface area contributed by atoms with Crippen LogP contribution in [-0.4, -0.2) is 23.2 Å². The first-order valence-corrected chi connectivity index (χ1v) is 8.40. The van der Waals surface area contributed by atoms with Gasteiger partial charge < -0.3 is 10.1 Å². The predicted octanol–water partition coefficient (Wildman–Crippen LogP) is 3.55. The molecule has 128 valence electrons. The molecule has 0 bridgehead atoms. The van der Waals surface area contributed by atoms with Crippen molar-refractivity contribution in [3.05, 3.63) is 65.2 Å². The van der Waals surface area contributed by atoms with E-state index in [4.69, 9.17) is 9.94 Å². The molecule has 0 aliphatic heterocycles. The fourth-order valence-electron chi connectivity index (χ4n) is 2.27. The van der Waals surface area contributed by atoms with Crippen LogP contribution >= 0.6 is 11.3 Å². The Bertz CT molecular complexity index is 862. The van der Waals surface area contributed by atoms with Crippen LogP contribution in [0.4, 0.5) is 5.69 Å². The van der Waals surface area contributed by atoms with Crippen molar-refractivity contribution in [3.8, 4) is 16.3 Å². The molecular formula is C18H17N3O3S. The van der Waals surface area contributed by atoms with E-state index in [1.807, 2.05) is 48.5 Å². The summed E-state index contributed by atoms with van der Waals surface area (Å²) in [5.74, 6) is 0.291. The van der Waals surface area contributed by atoms with Crippen LogP contribution in [0.25, 0.3) is 10.6 Å². The standard InChI is InChI=1S/C18H17N3O3S/c1-24-14-7-5-12(6-8-14)19-11-13-3-2-4-15(20-13)16-9-10-17(25-16)18(22)21-23/h2-10,19,23H,11H2,1H3,(H,21,22). The minimum absolute atomic E-state index is 0.432. The van der Waals surface area contributed by atoms with Crippen molar-refractivity contribution in [2.24, 2.45) is 0 Å². The summed E-state index contributed by atoms with van der Waals surface area (Å²) in [5, 5.41) is 12.0. The number of benzene rings is 1. The maximum atomic E-state index is 11.4. The highest BCUT2D eigenvalue weighted by atomic mass is 32.1. The van der Waals surface area contributed by atoms with Crippen molar-refractivity contribution in [2.45, 2.75) is 6.54 Å². The lowest BCUT2D eigenvalue weighted by atomic mass is 10.2. The number of pyridine rings is 1. The van der Waals surface area contributed by atoms with E-state index in [0.29, 0.717) is 11.4 Å². The molecule has 0 unspecified atom stereocenters. The number of carbonyl (C=O) groups is 1. The second-order valence-corrected chi connectivity index (χ2v) is 6.28. The lowest BCUT2D eigenvalue weighted by molar-refractivity contribution is 0.0711. The quantitative estimate of drug-likeness (QED) is 0.465. The van der Waals surface area contributed by atoms with Gasteiger partial charge in [-0.05, 0) is 48.5 Å². The van der Waals surface area contributed by atoms with Crippen molar-refractivity contribution >= 4 is 22.9 Å². The number of hydroxylamine groups is 1. The number of nitrogens with zero attached hydrogens (tertiary/aromatic N) is 1. The number of thiophene rings is 1. The third kappa shape index (κ3) is 4.14. The monoisotopic (exact) mass is 355 g/mol. The highest BCUT2D eigenvalue weighted by Crippen LogP contribution is 2.27. The van der Waals surface area contributed by atoms with Crippen molar-refractivity contribution < 1.29 is 14.7 Å². The molecule has 3 aromatic rings. The third-order valence-corrected chi connectivity index (χ3v) is 4.66. The van der Waals surface area contributed by atoms with Crippen LogP contribution < -0.4 is 15.5 Å². The molecule has 25 heavy (non-hydrogen) atoms. The lowest BCUT2D eigenvalue weighted by Crippen LogP contribution is -2.16. The fraction of sp³-hybridized carbons (Fsp3) is 0.111. The molecule has 0 aliphatic rings. The number of anilines is 1. The van der Waals surface area contributed by atoms with Gasteiger partial charge in [-0.1, -0.05) is 6.07 Å². The van der Waals surface area contributed by atoms with E-state index < -0.39 is 5.91 Å². The Balaban J connectivity index is 1.70. The molecule has 0 saturated carbocycles. The molecule has 3 rings (SSSR count). The molecule has 6 nitrogen and oxygen atoms in total. The Morgan fingerprint density at radius 3 is 2.68 bits per heavy atom. The molecule has 7 heteroatoms. The van der Waals surface area contributed by atoms with Gasteiger partial charge in [0.2, 0.25) is 0 Å². The molecule has 0 radical (unpaired) electrons. The van der Waals surface area contributed by atoms with Gasteiger partial charge in [-0.3, -0.25) is 15.0 Å². The van der Waals surface area contributed by atoms with Gasteiger partial charge >= 0.3 is 0 Å². The van der Waals surface area contributed by atoms with Gasteiger partial charge in [0.1, 0.15) is 5.75 Å². The van der Waals surface area contributed by atoms with E-state index in [1.165, 1.54) is 11.3 Å². The molecule has 0 saturated heterocycles. The molecule has 3 N–H and O–H groups in total. The summed E-state index contributed by atoms with van der Waals surface area (Å²) in [4.78, 5) is 17.4. The average molecular weight is 355 g/mol. The summed E-state index contributed by atoms with van der Waals surface area (Å²) >= 11 is 1.28. The number of nitrogens with one attached hydrogen (secondary N) is 2. The number of rotatable bonds is 6. The zero-order chi connectivity index (χ0) is 17.6. The summed E-state index contributed by atoms with van der Waals surface area (Å²) in [6.45, 7) is 0.579. The Morgan fingerprint density at radius 2 is 1.96 bits per heavy atom. The Labute approximate surface area is 149 Å². The fourth-order valence-corrected chi connectivity index (χ4v) is 3.14. The predicted molar refractivity (Wildman–Crippen MR) is 97.1 cm³/mol. The first kappa shape index (κ1) is 16.9. The molecule has 1 aromatic carbocycles. The number of ether oxygens (including phenoxy) is 1. The van der Waals surface area contributed by atoms with Gasteiger partial charge in [0.25, 0.3) is 5.91 Å². The SMILES string of the molecule is COc1ccc(NCc2cccc(-c3ccc(C(=O)NO)s3)n2)cc1. The number of carbonyl (C=O) groups excluding carboxylic acids is 1. The van der Waals surface area contributed by atoms with Crippen molar-refractivity contribution in [3.63, 3.8) is 0 Å². The van der Waals surface area contributed by atoms with E-state index >= 15 is 0 Å². The number of hydrogen-bond donors (Lipinski definition) is 3. The van der Waals surface area contributed by atoms with Gasteiger partial charge in [0.15, 0.2) is 0 Å². The summed E-state index contributed by atoms with van der Waals surface area (Å²) in [6, 6.07) is 16.9. The summed E-state index contributed by atoms with van der Waals surface area (Å²) in [7, 11) is 1.64. The second kappa shape index (κ2) is 7.78. The minimum Gasteiger partial charge on any atom is -0.497 e. The molecule has 0 spiro atoms. The molecule has 0 atom stereocenters. The largest absolute Gasteiger partial charge is 0.497 e. The number of aromatic nitrogens is 1. The van der Waals surface area contributed by atoms with Gasteiger partial charge in [-0.15, -0.1) is 11.3 Å². The minimum atomic E-state index is -0.520. The van der Waals surface area contributed by atoms with E-state index in [1.54, 1.807) is 18.7 Å². The lowest BCUT2D eigenvalue weighted by Gasteiger charge is -2.08. The highest BCUT2D eigenvalue weighted by Gasteiger charge is 2.10. The molecule has 1 amide bonds. The third-order valence-electron chi connectivity index (χ3n) is 3.55. The van der Waals surface area contributed by atoms with E-state index in [-0.39, 0.29) is 0 Å². The molecule has 2 aromatic heterocycles. The summed E-state index contributed by atoms with van der Waals surface area (Å²) in [6.07, 6.45) is 0. The van der Waals surface area contributed by atoms with E-state index in [2.05, 4.69) is 10.3 Å². The molecular weight excluding hydrogens is 338 g/mol.